The van der Waals surface area contributed by atoms with Crippen molar-refractivity contribution in [3.63, 3.8) is 0 Å². The van der Waals surface area contributed by atoms with Gasteiger partial charge in [0.1, 0.15) is 10.1 Å². The molecule has 1 aromatic carbocycles. The molecule has 23 heavy (non-hydrogen) atoms. The Morgan fingerprint density at radius 2 is 1.91 bits per heavy atom. The maximum Gasteiger partial charge on any atom is 1.00 e. The summed E-state index contributed by atoms with van der Waals surface area (Å²) in [6.45, 7) is 0. The molecule has 1 aromatic heterocycles. The number of halogens is 1. The van der Waals surface area contributed by atoms with Crippen LogP contribution < -0.4 is 45.9 Å². The van der Waals surface area contributed by atoms with E-state index in [1.54, 1.807) is 6.19 Å². The van der Waals surface area contributed by atoms with Crippen LogP contribution in [0.3, 0.4) is 0 Å². The van der Waals surface area contributed by atoms with Gasteiger partial charge in [-0.1, -0.05) is 0 Å². The van der Waals surface area contributed by atoms with Crippen LogP contribution in [0.2, 0.25) is 5.28 Å². The predicted octanol–water partition coefficient (Wildman–Crippen LogP) is -2.35. The minimum Gasteiger partial charge on any atom is -0.744 e. The molecule has 0 atom stereocenters. The van der Waals surface area contributed by atoms with Crippen LogP contribution in [-0.2, 0) is 10.1 Å². The van der Waals surface area contributed by atoms with Gasteiger partial charge in [-0.25, -0.2) is 8.42 Å². The summed E-state index contributed by atoms with van der Waals surface area (Å²) in [6.07, 6.45) is 1.62. The molecule has 1 heterocycles. The quantitative estimate of drug-likeness (QED) is 0.176. The first kappa shape index (κ1) is 19.4. The van der Waals surface area contributed by atoms with Crippen molar-refractivity contribution in [1.29, 1.82) is 5.26 Å². The molecule has 2 rings (SSSR count). The van der Waals surface area contributed by atoms with Crippen LogP contribution in [0.4, 0.5) is 23.3 Å². The van der Waals surface area contributed by atoms with Crippen molar-refractivity contribution in [2.24, 2.45) is 0 Å². The molecule has 0 unspecified atom stereocenters. The fourth-order valence-corrected chi connectivity index (χ4v) is 2.24. The Balaban J connectivity index is 0.00000264. The van der Waals surface area contributed by atoms with E-state index in [2.05, 4.69) is 25.6 Å². The van der Waals surface area contributed by atoms with E-state index in [4.69, 9.17) is 22.6 Å². The number of anilines is 4. The molecule has 2 aromatic rings. The zero-order valence-electron chi connectivity index (χ0n) is 11.6. The first-order chi connectivity index (χ1) is 10.3. The molecule has 10 nitrogen and oxygen atoms in total. The molecule has 0 saturated carbocycles. The average molecular weight is 364 g/mol. The van der Waals surface area contributed by atoms with Gasteiger partial charge in [-0.3, -0.25) is 5.32 Å². The second-order valence-electron chi connectivity index (χ2n) is 3.82. The van der Waals surface area contributed by atoms with Gasteiger partial charge >= 0.3 is 29.6 Å². The monoisotopic (exact) mass is 363 g/mol. The van der Waals surface area contributed by atoms with Gasteiger partial charge in [-0.05, 0) is 29.8 Å². The molecule has 0 spiro atoms. The fraction of sp³-hybridized carbons (Fsp3) is 0. The van der Waals surface area contributed by atoms with E-state index in [1.807, 2.05) is 0 Å². The Hall–Kier alpha value is -1.68. The molecule has 0 aliphatic heterocycles. The molecule has 0 saturated heterocycles. The van der Waals surface area contributed by atoms with Crippen LogP contribution in [0.1, 0.15) is 0 Å². The van der Waals surface area contributed by atoms with E-state index in [0.717, 1.165) is 6.07 Å². The molecule has 0 aliphatic rings. The SMILES string of the molecule is N#CNc1nc(Cl)nc(Nc2ccc(S(=O)(=O)[O-])c(N)c2)n1.[Na+]. The number of nitrogen functional groups attached to an aromatic ring is 1. The van der Waals surface area contributed by atoms with Crippen molar-refractivity contribution >= 4 is 45.0 Å². The number of benzene rings is 1. The minimum absolute atomic E-state index is 0. The summed E-state index contributed by atoms with van der Waals surface area (Å²) >= 11 is 5.67. The topological polar surface area (TPSA) is 170 Å². The third kappa shape index (κ3) is 5.17. The second-order valence-corrected chi connectivity index (χ2v) is 5.51. The van der Waals surface area contributed by atoms with E-state index in [1.165, 1.54) is 12.1 Å². The Kier molecular flexibility index (Phi) is 6.51. The number of nitrogens with one attached hydrogen (secondary N) is 2. The van der Waals surface area contributed by atoms with Gasteiger partial charge in [-0.2, -0.15) is 20.2 Å². The Labute approximate surface area is 158 Å². The molecule has 0 fully saturated rings. The van der Waals surface area contributed by atoms with E-state index in [0.29, 0.717) is 5.69 Å². The summed E-state index contributed by atoms with van der Waals surface area (Å²) in [5, 5.41) is 13.2. The number of nitriles is 1. The number of nitrogens with two attached hydrogens (primary N) is 1. The number of nitrogens with zero attached hydrogens (tertiary/aromatic N) is 4. The molecule has 13 heteroatoms. The molecule has 114 valence electrons. The molecule has 0 radical (unpaired) electrons. The molecule has 0 aliphatic carbocycles. The van der Waals surface area contributed by atoms with E-state index < -0.39 is 15.0 Å². The standard InChI is InChI=1S/C10H8ClN7O3S.Na/c11-8-16-9(14-4-12)18-10(17-8)15-5-1-2-7(6(13)3-5)22(19,20)21;/h1-3H,13H2,(H,19,20,21)(H2,14,15,16,17,18);/q;+1/p-1. The largest absolute Gasteiger partial charge is 1.00 e. The van der Waals surface area contributed by atoms with Gasteiger partial charge in [0, 0.05) is 5.69 Å². The van der Waals surface area contributed by atoms with Crippen molar-refractivity contribution in [3.05, 3.63) is 23.5 Å². The minimum atomic E-state index is -4.66. The van der Waals surface area contributed by atoms with Crippen LogP contribution in [0.25, 0.3) is 0 Å². The third-order valence-electron chi connectivity index (χ3n) is 2.31. The number of hydrogen-bond donors (Lipinski definition) is 3. The fourth-order valence-electron chi connectivity index (χ4n) is 1.49. The predicted molar refractivity (Wildman–Crippen MR) is 76.2 cm³/mol. The molecule has 0 amide bonds. The van der Waals surface area contributed by atoms with Gasteiger partial charge in [0.15, 0.2) is 6.19 Å². The van der Waals surface area contributed by atoms with E-state index >= 15 is 0 Å². The maximum absolute atomic E-state index is 10.9. The van der Waals surface area contributed by atoms with E-state index in [9.17, 15) is 13.0 Å². The first-order valence-corrected chi connectivity index (χ1v) is 7.27. The van der Waals surface area contributed by atoms with Crippen LogP contribution in [0, 0.1) is 11.5 Å². The van der Waals surface area contributed by atoms with Crippen molar-refractivity contribution in [3.8, 4) is 6.19 Å². The smallest absolute Gasteiger partial charge is 0.744 e. The number of rotatable bonds is 4. The zero-order chi connectivity index (χ0) is 16.3. The second kappa shape index (κ2) is 7.73. The normalized spacial score (nSPS) is 10.3. The molecular formula is C10H7ClN7NaO3S. The van der Waals surface area contributed by atoms with Crippen LogP contribution in [-0.4, -0.2) is 27.9 Å². The number of hydrogen-bond acceptors (Lipinski definition) is 10. The average Bonchev–Trinajstić information content (AvgIpc) is 2.36. The van der Waals surface area contributed by atoms with Crippen molar-refractivity contribution < 1.29 is 42.5 Å². The summed E-state index contributed by atoms with van der Waals surface area (Å²) < 4.78 is 32.8. The van der Waals surface area contributed by atoms with Gasteiger partial charge < -0.3 is 15.6 Å². The molecule has 4 N–H and O–H groups in total. The molecule has 0 bridgehead atoms. The van der Waals surface area contributed by atoms with Crippen molar-refractivity contribution in [1.82, 2.24) is 15.0 Å². The van der Waals surface area contributed by atoms with Crippen LogP contribution >= 0.6 is 11.6 Å². The Bertz CT molecular complexity index is 871. The Morgan fingerprint density at radius 3 is 2.48 bits per heavy atom. The number of aromatic nitrogens is 3. The van der Waals surface area contributed by atoms with Crippen LogP contribution in [0.15, 0.2) is 23.1 Å². The zero-order valence-corrected chi connectivity index (χ0v) is 15.2. The van der Waals surface area contributed by atoms with Gasteiger partial charge in [-0.15, -0.1) is 0 Å². The summed E-state index contributed by atoms with van der Waals surface area (Å²) in [5.74, 6) is -0.0772. The van der Waals surface area contributed by atoms with Crippen molar-refractivity contribution in [2.45, 2.75) is 4.90 Å². The van der Waals surface area contributed by atoms with Gasteiger partial charge in [0.25, 0.3) is 0 Å². The van der Waals surface area contributed by atoms with E-state index in [-0.39, 0.29) is 52.4 Å². The van der Waals surface area contributed by atoms with Gasteiger partial charge in [0.05, 0.1) is 10.6 Å². The maximum atomic E-state index is 10.9. The summed E-state index contributed by atoms with van der Waals surface area (Å²) in [7, 11) is -4.66. The summed E-state index contributed by atoms with van der Waals surface area (Å²) in [6, 6.07) is 3.58. The van der Waals surface area contributed by atoms with Crippen LogP contribution in [0.5, 0.6) is 0 Å². The molecular weight excluding hydrogens is 357 g/mol. The summed E-state index contributed by atoms with van der Waals surface area (Å²) in [4.78, 5) is 10.7. The third-order valence-corrected chi connectivity index (χ3v) is 3.39. The first-order valence-electron chi connectivity index (χ1n) is 5.49. The van der Waals surface area contributed by atoms with Crippen molar-refractivity contribution in [2.75, 3.05) is 16.4 Å². The summed E-state index contributed by atoms with van der Waals surface area (Å²) in [5.41, 5.74) is 5.60. The van der Waals surface area contributed by atoms with Gasteiger partial charge in [0.2, 0.25) is 17.2 Å². The Morgan fingerprint density at radius 1 is 1.26 bits per heavy atom.